The van der Waals surface area contributed by atoms with Gasteiger partial charge < -0.3 is 5.32 Å². The first-order valence-corrected chi connectivity index (χ1v) is 5.75. The van der Waals surface area contributed by atoms with Gasteiger partial charge in [-0.15, -0.1) is 11.6 Å². The van der Waals surface area contributed by atoms with Crippen LogP contribution in [0.2, 0.25) is 0 Å². The molecular weight excluding hydrogens is 229 g/mol. The minimum atomic E-state index is -0.498. The van der Waals surface area contributed by atoms with E-state index >= 15 is 0 Å². The van der Waals surface area contributed by atoms with E-state index in [0.717, 1.165) is 12.0 Å². The molecule has 16 heavy (non-hydrogen) atoms. The standard InChI is InChI=1S/C12H15ClFNO/c1-3-9(7-13)15-12(16)10-5-4-8(2)6-11(10)14/h4-6,9H,3,7H2,1-2H3,(H,15,16). The van der Waals surface area contributed by atoms with Gasteiger partial charge in [-0.2, -0.15) is 0 Å². The van der Waals surface area contributed by atoms with Crippen molar-refractivity contribution in [2.24, 2.45) is 0 Å². The number of halogens is 2. The lowest BCUT2D eigenvalue weighted by Gasteiger charge is -2.14. The molecule has 0 aromatic heterocycles. The third-order valence-electron chi connectivity index (χ3n) is 2.38. The molecule has 0 bridgehead atoms. The van der Waals surface area contributed by atoms with Crippen molar-refractivity contribution >= 4 is 17.5 Å². The number of aryl methyl sites for hydroxylation is 1. The van der Waals surface area contributed by atoms with Gasteiger partial charge in [-0.1, -0.05) is 13.0 Å². The Kier molecular flexibility index (Phi) is 4.74. The number of carbonyl (C=O) groups excluding carboxylic acids is 1. The topological polar surface area (TPSA) is 29.1 Å². The highest BCUT2D eigenvalue weighted by molar-refractivity contribution is 6.18. The van der Waals surface area contributed by atoms with Crippen molar-refractivity contribution in [3.63, 3.8) is 0 Å². The van der Waals surface area contributed by atoms with Crippen LogP contribution in [-0.2, 0) is 0 Å². The summed E-state index contributed by atoms with van der Waals surface area (Å²) in [5, 5.41) is 2.68. The molecule has 0 saturated carbocycles. The van der Waals surface area contributed by atoms with Gasteiger partial charge in [0.2, 0.25) is 0 Å². The zero-order chi connectivity index (χ0) is 12.1. The summed E-state index contributed by atoms with van der Waals surface area (Å²) < 4.78 is 13.5. The molecule has 0 fully saturated rings. The Morgan fingerprint density at radius 3 is 2.75 bits per heavy atom. The Bertz CT molecular complexity index is 377. The molecular formula is C12H15ClFNO. The fourth-order valence-corrected chi connectivity index (χ4v) is 1.61. The van der Waals surface area contributed by atoms with Crippen LogP contribution in [0.15, 0.2) is 18.2 Å². The third-order valence-corrected chi connectivity index (χ3v) is 2.76. The van der Waals surface area contributed by atoms with Gasteiger partial charge >= 0.3 is 0 Å². The van der Waals surface area contributed by atoms with E-state index in [1.54, 1.807) is 13.0 Å². The van der Waals surface area contributed by atoms with Crippen molar-refractivity contribution in [3.8, 4) is 0 Å². The lowest BCUT2D eigenvalue weighted by molar-refractivity contribution is 0.0935. The van der Waals surface area contributed by atoms with E-state index in [1.165, 1.54) is 12.1 Å². The summed E-state index contributed by atoms with van der Waals surface area (Å²) in [5.74, 6) is -0.581. The largest absolute Gasteiger partial charge is 0.348 e. The molecule has 1 atom stereocenters. The number of nitrogens with one attached hydrogen (secondary N) is 1. The number of hydrogen-bond donors (Lipinski definition) is 1. The maximum atomic E-state index is 13.5. The molecule has 0 heterocycles. The van der Waals surface area contributed by atoms with Crippen molar-refractivity contribution < 1.29 is 9.18 Å². The van der Waals surface area contributed by atoms with E-state index in [1.807, 2.05) is 6.92 Å². The molecule has 0 radical (unpaired) electrons. The van der Waals surface area contributed by atoms with Crippen LogP contribution in [0.5, 0.6) is 0 Å². The summed E-state index contributed by atoms with van der Waals surface area (Å²) in [7, 11) is 0. The highest BCUT2D eigenvalue weighted by Gasteiger charge is 2.14. The number of alkyl halides is 1. The van der Waals surface area contributed by atoms with Crippen LogP contribution in [0.1, 0.15) is 29.3 Å². The summed E-state index contributed by atoms with van der Waals surface area (Å²) in [6, 6.07) is 4.42. The van der Waals surface area contributed by atoms with Crippen molar-refractivity contribution in [1.82, 2.24) is 5.32 Å². The molecule has 1 amide bonds. The number of rotatable bonds is 4. The van der Waals surface area contributed by atoms with Gasteiger partial charge in [0.1, 0.15) is 5.82 Å². The van der Waals surface area contributed by atoms with Crippen LogP contribution in [-0.4, -0.2) is 17.8 Å². The first-order valence-electron chi connectivity index (χ1n) is 5.21. The average Bonchev–Trinajstić information content (AvgIpc) is 2.25. The first-order chi connectivity index (χ1) is 7.58. The molecule has 1 aromatic rings. The molecule has 1 N–H and O–H groups in total. The maximum absolute atomic E-state index is 13.5. The molecule has 0 aliphatic heterocycles. The molecule has 1 aromatic carbocycles. The summed E-state index contributed by atoms with van der Waals surface area (Å²) in [6.45, 7) is 3.69. The summed E-state index contributed by atoms with van der Waals surface area (Å²) in [4.78, 5) is 11.7. The molecule has 1 unspecified atom stereocenters. The second-order valence-corrected chi connectivity index (χ2v) is 4.02. The molecule has 0 aliphatic rings. The van der Waals surface area contributed by atoms with Crippen LogP contribution in [0.25, 0.3) is 0 Å². The Morgan fingerprint density at radius 1 is 1.56 bits per heavy atom. The summed E-state index contributed by atoms with van der Waals surface area (Å²) in [6.07, 6.45) is 0.725. The van der Waals surface area contributed by atoms with Gasteiger partial charge in [0.15, 0.2) is 0 Å². The van der Waals surface area contributed by atoms with Gasteiger partial charge in [-0.3, -0.25) is 4.79 Å². The fraction of sp³-hybridized carbons (Fsp3) is 0.417. The van der Waals surface area contributed by atoms with Gasteiger partial charge in [-0.05, 0) is 31.0 Å². The Labute approximate surface area is 99.8 Å². The van der Waals surface area contributed by atoms with Crippen LogP contribution >= 0.6 is 11.6 Å². The van der Waals surface area contributed by atoms with Crippen molar-refractivity contribution in [1.29, 1.82) is 0 Å². The van der Waals surface area contributed by atoms with Gasteiger partial charge in [-0.25, -0.2) is 4.39 Å². The zero-order valence-corrected chi connectivity index (χ0v) is 10.1. The van der Waals surface area contributed by atoms with Crippen LogP contribution in [0.3, 0.4) is 0 Å². The molecule has 1 rings (SSSR count). The minimum absolute atomic E-state index is 0.0640. The first kappa shape index (κ1) is 13.0. The van der Waals surface area contributed by atoms with E-state index < -0.39 is 11.7 Å². The Balaban J connectivity index is 2.80. The Morgan fingerprint density at radius 2 is 2.25 bits per heavy atom. The lowest BCUT2D eigenvalue weighted by Crippen LogP contribution is -2.36. The monoisotopic (exact) mass is 243 g/mol. The molecule has 88 valence electrons. The molecule has 0 saturated heterocycles. The summed E-state index contributed by atoms with van der Waals surface area (Å²) >= 11 is 5.66. The predicted molar refractivity (Wildman–Crippen MR) is 63.4 cm³/mol. The molecule has 0 spiro atoms. The average molecular weight is 244 g/mol. The molecule has 2 nitrogen and oxygen atoms in total. The van der Waals surface area contributed by atoms with Crippen molar-refractivity contribution in [2.45, 2.75) is 26.3 Å². The van der Waals surface area contributed by atoms with Gasteiger partial charge in [0, 0.05) is 11.9 Å². The highest BCUT2D eigenvalue weighted by Crippen LogP contribution is 2.10. The fourth-order valence-electron chi connectivity index (χ4n) is 1.32. The predicted octanol–water partition coefficient (Wildman–Crippen LogP) is 2.88. The van der Waals surface area contributed by atoms with E-state index in [2.05, 4.69) is 5.32 Å². The molecule has 0 aliphatic carbocycles. The molecule has 4 heteroatoms. The number of amides is 1. The van der Waals surface area contributed by atoms with Crippen molar-refractivity contribution in [3.05, 3.63) is 35.1 Å². The SMILES string of the molecule is CCC(CCl)NC(=O)c1ccc(C)cc1F. The quantitative estimate of drug-likeness (QED) is 0.810. The van der Waals surface area contributed by atoms with Crippen LogP contribution < -0.4 is 5.32 Å². The number of carbonyl (C=O) groups is 1. The third kappa shape index (κ3) is 3.20. The van der Waals surface area contributed by atoms with Crippen LogP contribution in [0.4, 0.5) is 4.39 Å². The smallest absolute Gasteiger partial charge is 0.254 e. The van der Waals surface area contributed by atoms with Gasteiger partial charge in [0.05, 0.1) is 5.56 Å². The van der Waals surface area contributed by atoms with E-state index in [0.29, 0.717) is 5.88 Å². The van der Waals surface area contributed by atoms with Crippen LogP contribution in [0, 0.1) is 12.7 Å². The number of hydrogen-bond acceptors (Lipinski definition) is 1. The summed E-state index contributed by atoms with van der Waals surface area (Å²) in [5.41, 5.74) is 0.854. The minimum Gasteiger partial charge on any atom is -0.348 e. The Hall–Kier alpha value is -1.09. The van der Waals surface area contributed by atoms with Crippen molar-refractivity contribution in [2.75, 3.05) is 5.88 Å². The second-order valence-electron chi connectivity index (χ2n) is 3.72. The van der Waals surface area contributed by atoms with E-state index in [9.17, 15) is 9.18 Å². The lowest BCUT2D eigenvalue weighted by atomic mass is 10.1. The second kappa shape index (κ2) is 5.85. The number of benzene rings is 1. The van der Waals surface area contributed by atoms with Gasteiger partial charge in [0.25, 0.3) is 5.91 Å². The normalized spacial score (nSPS) is 12.2. The van der Waals surface area contributed by atoms with E-state index in [4.69, 9.17) is 11.6 Å². The zero-order valence-electron chi connectivity index (χ0n) is 9.39. The van der Waals surface area contributed by atoms with E-state index in [-0.39, 0.29) is 11.6 Å². The maximum Gasteiger partial charge on any atom is 0.254 e. The highest BCUT2D eigenvalue weighted by atomic mass is 35.5.